The molecule has 0 aliphatic rings. The van der Waals surface area contributed by atoms with Gasteiger partial charge in [0.2, 0.25) is 12.2 Å². The molecule has 2 rings (SSSR count). The SMILES string of the molecule is O=C(Cn1cnc([N+](=O)[O-])c1I)NCc1ccc[n+]([O-])c1. The van der Waals surface area contributed by atoms with Gasteiger partial charge in [0.15, 0.2) is 16.1 Å². The first-order valence-electron chi connectivity index (χ1n) is 5.77. The Balaban J connectivity index is 1.95. The second kappa shape index (κ2) is 6.47. The third-order valence-corrected chi connectivity index (χ3v) is 3.67. The number of rotatable bonds is 5. The van der Waals surface area contributed by atoms with Crippen LogP contribution in [0.3, 0.4) is 0 Å². The normalized spacial score (nSPS) is 10.3. The lowest BCUT2D eigenvalue weighted by molar-refractivity contribution is -0.605. The fourth-order valence-corrected chi connectivity index (χ4v) is 2.24. The van der Waals surface area contributed by atoms with Crippen LogP contribution < -0.4 is 10.0 Å². The van der Waals surface area contributed by atoms with Gasteiger partial charge >= 0.3 is 5.82 Å². The average molecular weight is 403 g/mol. The molecule has 2 heterocycles. The molecule has 0 aliphatic carbocycles. The topological polar surface area (TPSA) is 117 Å². The van der Waals surface area contributed by atoms with Crippen molar-refractivity contribution in [1.82, 2.24) is 14.9 Å². The van der Waals surface area contributed by atoms with Crippen molar-refractivity contribution in [3.63, 3.8) is 0 Å². The molecule has 0 radical (unpaired) electrons. The molecule has 9 nitrogen and oxygen atoms in total. The highest BCUT2D eigenvalue weighted by Crippen LogP contribution is 2.17. The van der Waals surface area contributed by atoms with Crippen LogP contribution in [0.4, 0.5) is 5.82 Å². The van der Waals surface area contributed by atoms with Crippen molar-refractivity contribution in [2.75, 3.05) is 0 Å². The Kier molecular flexibility index (Phi) is 4.67. The van der Waals surface area contributed by atoms with E-state index in [9.17, 15) is 20.1 Å². The number of hydrogen-bond acceptors (Lipinski definition) is 5. The van der Waals surface area contributed by atoms with Crippen LogP contribution in [0, 0.1) is 19.0 Å². The number of hydrogen-bond donors (Lipinski definition) is 1. The van der Waals surface area contributed by atoms with Gasteiger partial charge in [-0.05, 0) is 38.6 Å². The van der Waals surface area contributed by atoms with Crippen LogP contribution >= 0.6 is 22.6 Å². The highest BCUT2D eigenvalue weighted by atomic mass is 127. The molecule has 10 heteroatoms. The summed E-state index contributed by atoms with van der Waals surface area (Å²) in [4.78, 5) is 25.5. The van der Waals surface area contributed by atoms with Crippen molar-refractivity contribution in [3.8, 4) is 0 Å². The van der Waals surface area contributed by atoms with Gasteiger partial charge in [0.1, 0.15) is 6.54 Å². The van der Waals surface area contributed by atoms with E-state index in [4.69, 9.17) is 0 Å². The lowest BCUT2D eigenvalue weighted by atomic mass is 10.3. The van der Waals surface area contributed by atoms with Crippen molar-refractivity contribution in [1.29, 1.82) is 0 Å². The number of carbonyl (C=O) groups excluding carboxylic acids is 1. The van der Waals surface area contributed by atoms with Gasteiger partial charge in [-0.15, -0.1) is 0 Å². The first-order chi connectivity index (χ1) is 9.97. The lowest BCUT2D eigenvalue weighted by Gasteiger charge is -2.05. The molecule has 2 aromatic heterocycles. The van der Waals surface area contributed by atoms with Gasteiger partial charge < -0.3 is 20.6 Å². The minimum absolute atomic E-state index is 0.0800. The van der Waals surface area contributed by atoms with Gasteiger partial charge in [0.25, 0.3) is 0 Å². The summed E-state index contributed by atoms with van der Waals surface area (Å²) in [5.41, 5.74) is 0.659. The quantitative estimate of drug-likeness (QED) is 0.254. The number of nitro groups is 1. The molecule has 1 N–H and O–H groups in total. The zero-order chi connectivity index (χ0) is 15.4. The summed E-state index contributed by atoms with van der Waals surface area (Å²) in [6.07, 6.45) is 3.94. The molecule has 110 valence electrons. The monoisotopic (exact) mass is 403 g/mol. The number of halogens is 1. The summed E-state index contributed by atoms with van der Waals surface area (Å²) in [5, 5.41) is 24.3. The van der Waals surface area contributed by atoms with E-state index in [1.54, 1.807) is 34.7 Å². The summed E-state index contributed by atoms with van der Waals surface area (Å²) in [7, 11) is 0. The molecule has 0 saturated heterocycles. The standard InChI is InChI=1S/C11H10IN5O4/c12-10-11(17(20)21)14-7-15(10)6-9(18)13-4-8-2-1-3-16(19)5-8/h1-3,5,7H,4,6H2,(H,13,18). The first-order valence-corrected chi connectivity index (χ1v) is 6.84. The van der Waals surface area contributed by atoms with E-state index in [-0.39, 0.29) is 28.5 Å². The molecule has 0 fully saturated rings. The highest BCUT2D eigenvalue weighted by molar-refractivity contribution is 14.1. The maximum Gasteiger partial charge on any atom is 0.395 e. The summed E-state index contributed by atoms with van der Waals surface area (Å²) in [6, 6.07) is 3.29. The minimum atomic E-state index is -0.604. The van der Waals surface area contributed by atoms with Gasteiger partial charge in [0, 0.05) is 18.2 Å². The van der Waals surface area contributed by atoms with Gasteiger partial charge in [-0.1, -0.05) is 0 Å². The van der Waals surface area contributed by atoms with E-state index in [0.717, 1.165) is 0 Å². The maximum absolute atomic E-state index is 11.8. The van der Waals surface area contributed by atoms with Crippen molar-refractivity contribution < 1.29 is 14.4 Å². The van der Waals surface area contributed by atoms with Gasteiger partial charge in [0.05, 0.1) is 0 Å². The first kappa shape index (κ1) is 15.2. The molecule has 1 amide bonds. The second-order valence-corrected chi connectivity index (χ2v) is 5.11. The third-order valence-electron chi connectivity index (χ3n) is 2.57. The Labute approximate surface area is 132 Å². The molecule has 0 unspecified atom stereocenters. The van der Waals surface area contributed by atoms with Crippen molar-refractivity contribution in [3.05, 3.63) is 55.4 Å². The number of imidazole rings is 1. The van der Waals surface area contributed by atoms with Crippen LogP contribution in [0.5, 0.6) is 0 Å². The fourth-order valence-electron chi connectivity index (χ4n) is 1.61. The fraction of sp³-hybridized carbons (Fsp3) is 0.182. The molecule has 2 aromatic rings. The molecule has 0 spiro atoms. The van der Waals surface area contributed by atoms with Crippen LogP contribution in [-0.4, -0.2) is 20.4 Å². The molecule has 0 atom stereocenters. The maximum atomic E-state index is 11.8. The Bertz CT molecular complexity index is 687. The summed E-state index contributed by atoms with van der Waals surface area (Å²) < 4.78 is 2.31. The smallest absolute Gasteiger partial charge is 0.395 e. The minimum Gasteiger partial charge on any atom is -0.619 e. The van der Waals surface area contributed by atoms with E-state index >= 15 is 0 Å². The largest absolute Gasteiger partial charge is 0.619 e. The molecule has 0 saturated carbocycles. The molecular formula is C11H10IN5O4. The Morgan fingerprint density at radius 3 is 2.95 bits per heavy atom. The number of amides is 1. The Hall–Kier alpha value is -2.24. The van der Waals surface area contributed by atoms with Crippen LogP contribution in [0.2, 0.25) is 0 Å². The summed E-state index contributed by atoms with van der Waals surface area (Å²) >= 11 is 1.76. The van der Waals surface area contributed by atoms with E-state index in [1.807, 2.05) is 0 Å². The third kappa shape index (κ3) is 3.87. The average Bonchev–Trinajstić information content (AvgIpc) is 2.78. The number of nitrogens with zero attached hydrogens (tertiary/aromatic N) is 4. The zero-order valence-electron chi connectivity index (χ0n) is 10.6. The van der Waals surface area contributed by atoms with Crippen LogP contribution in [0.1, 0.15) is 5.56 Å². The second-order valence-electron chi connectivity index (χ2n) is 4.09. The van der Waals surface area contributed by atoms with Gasteiger partial charge in [-0.25, -0.2) is 0 Å². The summed E-state index contributed by atoms with van der Waals surface area (Å²) in [6.45, 7) is 0.124. The Morgan fingerprint density at radius 1 is 1.57 bits per heavy atom. The van der Waals surface area contributed by atoms with E-state index in [0.29, 0.717) is 10.3 Å². The van der Waals surface area contributed by atoms with Crippen LogP contribution in [0.15, 0.2) is 30.9 Å². The number of nitrogens with one attached hydrogen (secondary N) is 1. The van der Waals surface area contributed by atoms with Gasteiger partial charge in [-0.3, -0.25) is 9.36 Å². The Morgan fingerprint density at radius 2 is 2.33 bits per heavy atom. The molecule has 21 heavy (non-hydrogen) atoms. The number of pyridine rings is 1. The predicted molar refractivity (Wildman–Crippen MR) is 78.8 cm³/mol. The van der Waals surface area contributed by atoms with Crippen LogP contribution in [0.25, 0.3) is 0 Å². The van der Waals surface area contributed by atoms with E-state index in [2.05, 4.69) is 10.3 Å². The number of aromatic nitrogens is 3. The van der Waals surface area contributed by atoms with Gasteiger partial charge in [-0.2, -0.15) is 4.73 Å². The predicted octanol–water partition coefficient (Wildman–Crippen LogP) is 0.346. The zero-order valence-corrected chi connectivity index (χ0v) is 12.8. The van der Waals surface area contributed by atoms with E-state index < -0.39 is 4.92 Å². The summed E-state index contributed by atoms with van der Waals surface area (Å²) in [5.74, 6) is -0.611. The molecule has 0 bridgehead atoms. The number of carbonyl (C=O) groups is 1. The highest BCUT2D eigenvalue weighted by Gasteiger charge is 2.20. The van der Waals surface area contributed by atoms with Crippen molar-refractivity contribution in [2.24, 2.45) is 0 Å². The molecule has 0 aromatic carbocycles. The molecular weight excluding hydrogens is 393 g/mol. The lowest BCUT2D eigenvalue weighted by Crippen LogP contribution is -2.30. The molecule has 0 aliphatic heterocycles. The van der Waals surface area contributed by atoms with Crippen molar-refractivity contribution in [2.45, 2.75) is 13.1 Å². The van der Waals surface area contributed by atoms with Crippen molar-refractivity contribution >= 4 is 34.3 Å². The van der Waals surface area contributed by atoms with Crippen LogP contribution in [-0.2, 0) is 17.9 Å². The van der Waals surface area contributed by atoms with E-state index in [1.165, 1.54) is 23.3 Å².